The highest BCUT2D eigenvalue weighted by Crippen LogP contribution is 2.44. The summed E-state index contributed by atoms with van der Waals surface area (Å²) in [7, 11) is 0. The summed E-state index contributed by atoms with van der Waals surface area (Å²) in [5, 5.41) is 14.9. The van der Waals surface area contributed by atoms with Crippen molar-refractivity contribution in [2.75, 3.05) is 12.3 Å². The van der Waals surface area contributed by atoms with Gasteiger partial charge < -0.3 is 24.7 Å². The predicted molar refractivity (Wildman–Crippen MR) is 159 cm³/mol. The Kier molecular flexibility index (Phi) is 10.8. The molecule has 2 aromatic heterocycles. The molecule has 0 bridgehead atoms. The number of hydrogen-bond acceptors (Lipinski definition) is 11. The first kappa shape index (κ1) is 31.9. The van der Waals surface area contributed by atoms with E-state index in [0.29, 0.717) is 31.2 Å². The number of benzene rings is 1. The molecule has 12 nitrogen and oxygen atoms in total. The maximum Gasteiger partial charge on any atom is 0.310 e. The van der Waals surface area contributed by atoms with Crippen LogP contribution in [0.15, 0.2) is 74.1 Å². The zero-order valence-corrected chi connectivity index (χ0v) is 24.3. The molecule has 0 radical (unpaired) electrons. The summed E-state index contributed by atoms with van der Waals surface area (Å²) >= 11 is 0. The Morgan fingerprint density at radius 1 is 1.02 bits per heavy atom. The molecule has 0 aliphatic carbocycles. The number of unbranched alkanes of at least 4 members (excludes halogenated alkanes) is 2. The Bertz CT molecular complexity index is 1530. The fourth-order valence-corrected chi connectivity index (χ4v) is 4.98. The molecule has 12 heteroatoms. The van der Waals surface area contributed by atoms with E-state index in [4.69, 9.17) is 24.7 Å². The molecule has 4 rings (SSSR count). The Labute approximate surface area is 255 Å². The molecule has 1 aromatic carbocycles. The topological polar surface area (TPSA) is 168 Å². The van der Waals surface area contributed by atoms with E-state index < -0.39 is 41.8 Å². The van der Waals surface area contributed by atoms with Gasteiger partial charge in [-0.3, -0.25) is 14.4 Å². The molecule has 3 heterocycles. The van der Waals surface area contributed by atoms with Crippen LogP contribution in [0.5, 0.6) is 0 Å². The van der Waals surface area contributed by atoms with Gasteiger partial charge in [-0.15, -0.1) is 13.2 Å². The van der Waals surface area contributed by atoms with E-state index in [0.717, 1.165) is 5.56 Å². The van der Waals surface area contributed by atoms with Gasteiger partial charge in [0, 0.05) is 12.8 Å². The third-order valence-corrected chi connectivity index (χ3v) is 7.14. The number of aromatic nitrogens is 3. The summed E-state index contributed by atoms with van der Waals surface area (Å²) < 4.78 is 25.0. The van der Waals surface area contributed by atoms with Gasteiger partial charge in [-0.2, -0.15) is 10.4 Å². The van der Waals surface area contributed by atoms with E-state index in [1.54, 1.807) is 48.6 Å². The van der Waals surface area contributed by atoms with E-state index in [1.807, 2.05) is 6.07 Å². The molecule has 44 heavy (non-hydrogen) atoms. The van der Waals surface area contributed by atoms with E-state index in [1.165, 1.54) is 10.8 Å². The van der Waals surface area contributed by atoms with Gasteiger partial charge in [0.05, 0.1) is 12.1 Å². The standard InChI is InChI=1S/C32H35N5O7/c1-3-5-8-14-26(38)42-29-24(19-41-28(40)18-22-12-10-7-11-13-22)44-32(20-33,30(29)43-27(39)15-9-6-4-2)25-17-16-23-31(34)35-21-36-37(23)25/h3-4,7,10-13,16-17,21,24,29-30H,1-2,5-6,8-9,14-15,18-19H2,(H2,34,35,36)/t24-,29-,30-,32+/m1/s1. The Balaban J connectivity index is 1.70. The fourth-order valence-electron chi connectivity index (χ4n) is 4.98. The van der Waals surface area contributed by atoms with Gasteiger partial charge in [-0.25, -0.2) is 9.50 Å². The van der Waals surface area contributed by atoms with E-state index in [2.05, 4.69) is 29.3 Å². The van der Waals surface area contributed by atoms with Crippen molar-refractivity contribution in [1.29, 1.82) is 5.26 Å². The smallest absolute Gasteiger partial charge is 0.310 e. The van der Waals surface area contributed by atoms with E-state index in [9.17, 15) is 19.6 Å². The predicted octanol–water partition coefficient (Wildman–Crippen LogP) is 3.75. The number of carbonyl (C=O) groups is 3. The van der Waals surface area contributed by atoms with Crippen molar-refractivity contribution in [1.82, 2.24) is 14.6 Å². The second-order valence-electron chi connectivity index (χ2n) is 10.2. The molecular weight excluding hydrogens is 566 g/mol. The van der Waals surface area contributed by atoms with Crippen LogP contribution in [0.25, 0.3) is 5.52 Å². The van der Waals surface area contributed by atoms with Gasteiger partial charge in [-0.1, -0.05) is 42.5 Å². The number of allylic oxidation sites excluding steroid dienone is 2. The van der Waals surface area contributed by atoms with Crippen LogP contribution in [-0.4, -0.2) is 57.4 Å². The summed E-state index contributed by atoms with van der Waals surface area (Å²) in [6.45, 7) is 6.95. The minimum atomic E-state index is -2.02. The molecule has 1 aliphatic rings. The maximum atomic E-state index is 13.1. The van der Waals surface area contributed by atoms with Crippen LogP contribution in [0, 0.1) is 11.3 Å². The lowest BCUT2D eigenvalue weighted by Crippen LogP contribution is -2.46. The van der Waals surface area contributed by atoms with Crippen LogP contribution in [0.2, 0.25) is 0 Å². The van der Waals surface area contributed by atoms with Crippen molar-refractivity contribution < 1.29 is 33.3 Å². The molecule has 2 N–H and O–H groups in total. The molecule has 1 fully saturated rings. The van der Waals surface area contributed by atoms with Crippen molar-refractivity contribution in [3.05, 3.63) is 85.4 Å². The highest BCUT2D eigenvalue weighted by atomic mass is 16.7. The molecule has 0 amide bonds. The van der Waals surface area contributed by atoms with Crippen LogP contribution in [-0.2, 0) is 45.4 Å². The molecule has 0 unspecified atom stereocenters. The molecule has 1 saturated heterocycles. The minimum Gasteiger partial charge on any atom is -0.463 e. The number of nitrogens with zero attached hydrogens (tertiary/aromatic N) is 4. The first-order chi connectivity index (χ1) is 21.3. The van der Waals surface area contributed by atoms with E-state index >= 15 is 0 Å². The van der Waals surface area contributed by atoms with Crippen LogP contribution >= 0.6 is 0 Å². The van der Waals surface area contributed by atoms with Crippen molar-refractivity contribution in [2.45, 2.75) is 68.9 Å². The first-order valence-corrected chi connectivity index (χ1v) is 14.3. The van der Waals surface area contributed by atoms with Crippen molar-refractivity contribution in [3.63, 3.8) is 0 Å². The zero-order chi connectivity index (χ0) is 31.5. The third-order valence-electron chi connectivity index (χ3n) is 7.14. The number of carbonyl (C=O) groups excluding carboxylic acids is 3. The van der Waals surface area contributed by atoms with Gasteiger partial charge in [0.25, 0.3) is 0 Å². The number of fused-ring (bicyclic) bond motifs is 1. The van der Waals surface area contributed by atoms with Crippen LogP contribution in [0.4, 0.5) is 5.82 Å². The molecule has 0 saturated carbocycles. The van der Waals surface area contributed by atoms with Crippen molar-refractivity contribution in [3.8, 4) is 6.07 Å². The van der Waals surface area contributed by atoms with Crippen molar-refractivity contribution in [2.24, 2.45) is 0 Å². The van der Waals surface area contributed by atoms with Gasteiger partial charge in [0.15, 0.2) is 18.0 Å². The summed E-state index contributed by atoms with van der Waals surface area (Å²) in [6.07, 6.45) is 2.78. The quantitative estimate of drug-likeness (QED) is 0.117. The first-order valence-electron chi connectivity index (χ1n) is 14.3. The maximum absolute atomic E-state index is 13.1. The minimum absolute atomic E-state index is 0.00971. The molecule has 230 valence electrons. The van der Waals surface area contributed by atoms with Crippen molar-refractivity contribution >= 4 is 29.2 Å². The number of rotatable bonds is 15. The number of hydrogen-bond donors (Lipinski definition) is 1. The number of anilines is 1. The summed E-state index contributed by atoms with van der Waals surface area (Å²) in [5.41, 5.74) is 5.30. The van der Waals surface area contributed by atoms with Gasteiger partial charge >= 0.3 is 17.9 Å². The highest BCUT2D eigenvalue weighted by molar-refractivity contribution is 5.73. The average Bonchev–Trinajstić information content (AvgIpc) is 3.58. The molecule has 4 atom stereocenters. The average molecular weight is 602 g/mol. The van der Waals surface area contributed by atoms with Crippen LogP contribution < -0.4 is 5.73 Å². The SMILES string of the molecule is C=CCCCC(=O)O[C@H]1[C@@H](OC(=O)CCCC=C)[C@](C#N)(c2ccc3c(N)ncnn23)O[C@@H]1COC(=O)Cc1ccccc1. The van der Waals surface area contributed by atoms with Gasteiger partial charge in [0.2, 0.25) is 5.60 Å². The third kappa shape index (κ3) is 7.30. The van der Waals surface area contributed by atoms with Crippen LogP contribution in [0.1, 0.15) is 49.8 Å². The highest BCUT2D eigenvalue weighted by Gasteiger charge is 2.62. The Morgan fingerprint density at radius 3 is 2.36 bits per heavy atom. The fraction of sp³-hybridized carbons (Fsp3) is 0.375. The lowest BCUT2D eigenvalue weighted by atomic mass is 9.92. The van der Waals surface area contributed by atoms with Crippen LogP contribution in [0.3, 0.4) is 0 Å². The lowest BCUT2D eigenvalue weighted by Gasteiger charge is -2.28. The molecule has 3 aromatic rings. The lowest BCUT2D eigenvalue weighted by molar-refractivity contribution is -0.170. The Hall–Kier alpha value is -5.02. The molecular formula is C32H35N5O7. The number of esters is 3. The monoisotopic (exact) mass is 601 g/mol. The Morgan fingerprint density at radius 2 is 1.70 bits per heavy atom. The number of ether oxygens (including phenoxy) is 4. The second kappa shape index (κ2) is 14.9. The summed E-state index contributed by atoms with van der Waals surface area (Å²) in [6, 6.07) is 14.3. The van der Waals surface area contributed by atoms with Gasteiger partial charge in [-0.05, 0) is 43.4 Å². The largest absolute Gasteiger partial charge is 0.463 e. The zero-order valence-electron chi connectivity index (χ0n) is 24.3. The van der Waals surface area contributed by atoms with Gasteiger partial charge in [0.1, 0.15) is 30.6 Å². The summed E-state index contributed by atoms with van der Waals surface area (Å²) in [4.78, 5) is 42.8. The number of nitriles is 1. The molecule has 0 spiro atoms. The number of nitrogen functional groups attached to an aromatic ring is 1. The number of nitrogens with two attached hydrogens (primary N) is 1. The van der Waals surface area contributed by atoms with E-state index in [-0.39, 0.29) is 37.4 Å². The molecule has 1 aliphatic heterocycles. The summed E-state index contributed by atoms with van der Waals surface area (Å²) in [5.74, 6) is -1.65. The normalized spacial score (nSPS) is 20.8. The second-order valence-corrected chi connectivity index (χ2v) is 10.2.